The second-order valence-corrected chi connectivity index (χ2v) is 5.67. The third-order valence-electron chi connectivity index (χ3n) is 3.09. The summed E-state index contributed by atoms with van der Waals surface area (Å²) in [4.78, 5) is 8.89. The summed E-state index contributed by atoms with van der Waals surface area (Å²) in [5, 5.41) is 12.5. The van der Waals surface area contributed by atoms with E-state index in [-0.39, 0.29) is 12.5 Å². The van der Waals surface area contributed by atoms with Gasteiger partial charge in [0.05, 0.1) is 16.4 Å². The standard InChI is InChI=1S/C14H18N2OS/c1-10(2)11(8-17)7-14-16-13(9-18-14)12-5-3-4-6-15-12/h3-6,9-11,17H,7-8H2,1-2H3. The first-order valence-corrected chi connectivity index (χ1v) is 7.05. The summed E-state index contributed by atoms with van der Waals surface area (Å²) < 4.78 is 0. The van der Waals surface area contributed by atoms with E-state index < -0.39 is 0 Å². The summed E-state index contributed by atoms with van der Waals surface area (Å²) >= 11 is 1.64. The normalized spacial score (nSPS) is 12.9. The van der Waals surface area contributed by atoms with Crippen LogP contribution in [0.3, 0.4) is 0 Å². The van der Waals surface area contributed by atoms with Crippen molar-refractivity contribution in [1.82, 2.24) is 9.97 Å². The average Bonchev–Trinajstić information content (AvgIpc) is 2.85. The lowest BCUT2D eigenvalue weighted by molar-refractivity contribution is 0.189. The van der Waals surface area contributed by atoms with Gasteiger partial charge in [-0.1, -0.05) is 19.9 Å². The van der Waals surface area contributed by atoms with E-state index in [1.165, 1.54) is 0 Å². The second kappa shape index (κ2) is 6.07. The lowest BCUT2D eigenvalue weighted by atomic mass is 9.94. The van der Waals surface area contributed by atoms with Gasteiger partial charge in [-0.2, -0.15) is 0 Å². The molecule has 0 aliphatic heterocycles. The maximum Gasteiger partial charge on any atom is 0.0998 e. The summed E-state index contributed by atoms with van der Waals surface area (Å²) in [6.45, 7) is 4.48. The second-order valence-electron chi connectivity index (χ2n) is 4.73. The molecule has 0 fully saturated rings. The molecule has 0 bridgehead atoms. The third-order valence-corrected chi connectivity index (χ3v) is 3.96. The molecule has 1 unspecified atom stereocenters. The van der Waals surface area contributed by atoms with Crippen LogP contribution in [-0.2, 0) is 6.42 Å². The molecule has 1 atom stereocenters. The van der Waals surface area contributed by atoms with Crippen molar-refractivity contribution in [1.29, 1.82) is 0 Å². The number of hydrogen-bond donors (Lipinski definition) is 1. The van der Waals surface area contributed by atoms with Crippen LogP contribution in [0.5, 0.6) is 0 Å². The number of aliphatic hydroxyl groups is 1. The van der Waals surface area contributed by atoms with Crippen molar-refractivity contribution in [3.8, 4) is 11.4 Å². The van der Waals surface area contributed by atoms with E-state index in [4.69, 9.17) is 0 Å². The van der Waals surface area contributed by atoms with Crippen LogP contribution in [-0.4, -0.2) is 21.7 Å². The molecule has 2 aromatic rings. The molecule has 0 saturated heterocycles. The van der Waals surface area contributed by atoms with Crippen molar-refractivity contribution in [3.05, 3.63) is 34.8 Å². The summed E-state index contributed by atoms with van der Waals surface area (Å²) in [5.74, 6) is 0.755. The van der Waals surface area contributed by atoms with Gasteiger partial charge >= 0.3 is 0 Å². The summed E-state index contributed by atoms with van der Waals surface area (Å²) in [6.07, 6.45) is 2.62. The third kappa shape index (κ3) is 3.15. The number of hydrogen-bond acceptors (Lipinski definition) is 4. The Hall–Kier alpha value is -1.26. The molecular weight excluding hydrogens is 244 g/mol. The molecule has 0 aliphatic rings. The van der Waals surface area contributed by atoms with Crippen molar-refractivity contribution in [3.63, 3.8) is 0 Å². The minimum Gasteiger partial charge on any atom is -0.396 e. The van der Waals surface area contributed by atoms with E-state index in [2.05, 4.69) is 23.8 Å². The zero-order valence-electron chi connectivity index (χ0n) is 10.7. The lowest BCUT2D eigenvalue weighted by Gasteiger charge is -2.16. The van der Waals surface area contributed by atoms with Crippen molar-refractivity contribution in [2.24, 2.45) is 11.8 Å². The van der Waals surface area contributed by atoms with Gasteiger partial charge in [0.25, 0.3) is 0 Å². The summed E-state index contributed by atoms with van der Waals surface area (Å²) in [7, 11) is 0. The van der Waals surface area contributed by atoms with Gasteiger partial charge in [0.2, 0.25) is 0 Å². The molecule has 3 nitrogen and oxygen atoms in total. The van der Waals surface area contributed by atoms with Gasteiger partial charge in [0.15, 0.2) is 0 Å². The van der Waals surface area contributed by atoms with Crippen LogP contribution in [0.15, 0.2) is 29.8 Å². The number of nitrogens with zero attached hydrogens (tertiary/aromatic N) is 2. The minimum atomic E-state index is 0.218. The number of pyridine rings is 1. The van der Waals surface area contributed by atoms with Crippen LogP contribution in [0.1, 0.15) is 18.9 Å². The predicted octanol–water partition coefficient (Wildman–Crippen LogP) is 3.01. The molecule has 0 amide bonds. The Morgan fingerprint density at radius 2 is 2.11 bits per heavy atom. The molecule has 1 N–H and O–H groups in total. The fourth-order valence-electron chi connectivity index (χ4n) is 1.77. The lowest BCUT2D eigenvalue weighted by Crippen LogP contribution is -2.16. The maximum absolute atomic E-state index is 9.35. The molecule has 2 heterocycles. The zero-order valence-corrected chi connectivity index (χ0v) is 11.5. The number of aliphatic hydroxyl groups excluding tert-OH is 1. The van der Waals surface area contributed by atoms with E-state index in [1.54, 1.807) is 17.5 Å². The Balaban J connectivity index is 2.11. The Labute approximate surface area is 112 Å². The smallest absolute Gasteiger partial charge is 0.0998 e. The number of thiazole rings is 1. The summed E-state index contributed by atoms with van der Waals surface area (Å²) in [5.41, 5.74) is 1.83. The van der Waals surface area contributed by atoms with Crippen LogP contribution in [0.4, 0.5) is 0 Å². The monoisotopic (exact) mass is 262 g/mol. The van der Waals surface area contributed by atoms with Crippen molar-refractivity contribution in [2.75, 3.05) is 6.61 Å². The van der Waals surface area contributed by atoms with Crippen LogP contribution >= 0.6 is 11.3 Å². The van der Waals surface area contributed by atoms with E-state index >= 15 is 0 Å². The Morgan fingerprint density at radius 1 is 1.28 bits per heavy atom. The van der Waals surface area contributed by atoms with Crippen molar-refractivity contribution in [2.45, 2.75) is 20.3 Å². The molecular formula is C14H18N2OS. The zero-order chi connectivity index (χ0) is 13.0. The largest absolute Gasteiger partial charge is 0.396 e. The molecule has 0 aromatic carbocycles. The molecule has 0 radical (unpaired) electrons. The van der Waals surface area contributed by atoms with Crippen molar-refractivity contribution < 1.29 is 5.11 Å². The molecule has 2 rings (SSSR count). The topological polar surface area (TPSA) is 46.0 Å². The van der Waals surface area contributed by atoms with Gasteiger partial charge in [0.1, 0.15) is 0 Å². The van der Waals surface area contributed by atoms with Crippen LogP contribution in [0, 0.1) is 11.8 Å². The quantitative estimate of drug-likeness (QED) is 0.901. The SMILES string of the molecule is CC(C)C(CO)Cc1nc(-c2ccccn2)cs1. The van der Waals surface area contributed by atoms with Crippen molar-refractivity contribution >= 4 is 11.3 Å². The van der Waals surface area contributed by atoms with Gasteiger partial charge in [-0.15, -0.1) is 11.3 Å². The van der Waals surface area contributed by atoms with Crippen LogP contribution in [0.2, 0.25) is 0 Å². The maximum atomic E-state index is 9.35. The average molecular weight is 262 g/mol. The van der Waals surface area contributed by atoms with Crippen LogP contribution in [0.25, 0.3) is 11.4 Å². The molecule has 2 aromatic heterocycles. The Morgan fingerprint density at radius 3 is 2.72 bits per heavy atom. The van der Waals surface area contributed by atoms with E-state index in [1.807, 2.05) is 23.6 Å². The van der Waals surface area contributed by atoms with Crippen LogP contribution < -0.4 is 0 Å². The first-order valence-electron chi connectivity index (χ1n) is 6.17. The highest BCUT2D eigenvalue weighted by Gasteiger charge is 2.15. The number of rotatable bonds is 5. The van der Waals surface area contributed by atoms with Gasteiger partial charge in [-0.05, 0) is 24.0 Å². The highest BCUT2D eigenvalue weighted by Crippen LogP contribution is 2.23. The van der Waals surface area contributed by atoms with Gasteiger partial charge in [-0.25, -0.2) is 4.98 Å². The molecule has 96 valence electrons. The molecule has 0 spiro atoms. The number of aromatic nitrogens is 2. The Bertz CT molecular complexity index is 482. The van der Waals surface area contributed by atoms with E-state index in [9.17, 15) is 5.11 Å². The fraction of sp³-hybridized carbons (Fsp3) is 0.429. The highest BCUT2D eigenvalue weighted by atomic mass is 32.1. The highest BCUT2D eigenvalue weighted by molar-refractivity contribution is 7.09. The molecule has 18 heavy (non-hydrogen) atoms. The molecule has 0 aliphatic carbocycles. The van der Waals surface area contributed by atoms with Gasteiger partial charge in [-0.3, -0.25) is 4.98 Å². The summed E-state index contributed by atoms with van der Waals surface area (Å²) in [6, 6.07) is 5.83. The predicted molar refractivity (Wildman–Crippen MR) is 74.5 cm³/mol. The Kier molecular flexibility index (Phi) is 4.44. The fourth-order valence-corrected chi connectivity index (χ4v) is 2.65. The van der Waals surface area contributed by atoms with Gasteiger partial charge in [0, 0.05) is 24.6 Å². The molecule has 0 saturated carbocycles. The van der Waals surface area contributed by atoms with E-state index in [0.717, 1.165) is 22.8 Å². The minimum absolute atomic E-state index is 0.218. The van der Waals surface area contributed by atoms with E-state index in [0.29, 0.717) is 5.92 Å². The molecule has 4 heteroatoms. The van der Waals surface area contributed by atoms with Gasteiger partial charge < -0.3 is 5.11 Å². The first kappa shape index (κ1) is 13.2. The first-order chi connectivity index (χ1) is 8.70.